The fourth-order valence-corrected chi connectivity index (χ4v) is 2.27. The van der Waals surface area contributed by atoms with Gasteiger partial charge in [-0.2, -0.15) is 0 Å². The highest BCUT2D eigenvalue weighted by atomic mass is 16.6. The first-order chi connectivity index (χ1) is 10.2. The first-order valence-corrected chi connectivity index (χ1v) is 7.53. The van der Waals surface area contributed by atoms with Gasteiger partial charge in [0.2, 0.25) is 0 Å². The van der Waals surface area contributed by atoms with Gasteiger partial charge in [-0.15, -0.1) is 0 Å². The lowest BCUT2D eigenvalue weighted by molar-refractivity contribution is -0.145. The number of hydrogen-bond acceptors (Lipinski definition) is 5. The molecule has 1 unspecified atom stereocenters. The monoisotopic (exact) mass is 293 g/mol. The maximum atomic E-state index is 11.7. The fourth-order valence-electron chi connectivity index (χ4n) is 2.27. The summed E-state index contributed by atoms with van der Waals surface area (Å²) in [5, 5.41) is 3.24. The Labute approximate surface area is 125 Å². The van der Waals surface area contributed by atoms with Crippen LogP contribution in [0.1, 0.15) is 25.8 Å². The van der Waals surface area contributed by atoms with Crippen molar-refractivity contribution in [3.8, 4) is 11.5 Å². The number of carbonyl (C=O) groups is 1. The molecule has 0 saturated carbocycles. The number of rotatable bonds is 7. The third kappa shape index (κ3) is 4.36. The molecule has 0 saturated heterocycles. The molecule has 5 heteroatoms. The largest absolute Gasteiger partial charge is 0.486 e. The van der Waals surface area contributed by atoms with Gasteiger partial charge in [0, 0.05) is 0 Å². The predicted octanol–water partition coefficient (Wildman–Crippen LogP) is 1.93. The molecule has 1 aliphatic heterocycles. The Kier molecular flexibility index (Phi) is 5.87. The van der Waals surface area contributed by atoms with Crippen LogP contribution in [0, 0.1) is 0 Å². The van der Waals surface area contributed by atoms with Crippen LogP contribution in [-0.2, 0) is 16.0 Å². The number of benzene rings is 1. The highest BCUT2D eigenvalue weighted by Gasteiger charge is 2.16. The number of hydrogen-bond donors (Lipinski definition) is 1. The minimum absolute atomic E-state index is 0.179. The van der Waals surface area contributed by atoms with Gasteiger partial charge in [0.05, 0.1) is 6.61 Å². The minimum atomic E-state index is -0.234. The average molecular weight is 293 g/mol. The van der Waals surface area contributed by atoms with Gasteiger partial charge in [0.15, 0.2) is 11.5 Å². The molecule has 1 aromatic rings. The van der Waals surface area contributed by atoms with E-state index < -0.39 is 0 Å². The predicted molar refractivity (Wildman–Crippen MR) is 79.9 cm³/mol. The molecule has 0 spiro atoms. The van der Waals surface area contributed by atoms with Crippen LogP contribution in [0.25, 0.3) is 0 Å². The standard InChI is InChI=1S/C16H23NO4/c1-3-13(16(18)19-4-2)17-8-7-12-5-6-14-15(11-12)21-10-9-20-14/h5-6,11,13,17H,3-4,7-10H2,1-2H3. The second-order valence-corrected chi connectivity index (χ2v) is 4.90. The Hall–Kier alpha value is -1.75. The average Bonchev–Trinajstić information content (AvgIpc) is 2.51. The highest BCUT2D eigenvalue weighted by molar-refractivity contribution is 5.75. The van der Waals surface area contributed by atoms with Gasteiger partial charge in [-0.1, -0.05) is 13.0 Å². The Morgan fingerprint density at radius 2 is 2.05 bits per heavy atom. The van der Waals surface area contributed by atoms with E-state index in [4.69, 9.17) is 14.2 Å². The van der Waals surface area contributed by atoms with Gasteiger partial charge in [0.25, 0.3) is 0 Å². The smallest absolute Gasteiger partial charge is 0.323 e. The number of ether oxygens (including phenoxy) is 3. The summed E-state index contributed by atoms with van der Waals surface area (Å²) in [5.41, 5.74) is 1.16. The Morgan fingerprint density at radius 3 is 2.76 bits per heavy atom. The molecule has 0 aliphatic carbocycles. The van der Waals surface area contributed by atoms with E-state index in [1.165, 1.54) is 0 Å². The van der Waals surface area contributed by atoms with Crippen molar-refractivity contribution in [2.75, 3.05) is 26.4 Å². The topological polar surface area (TPSA) is 56.8 Å². The lowest BCUT2D eigenvalue weighted by Gasteiger charge is -2.19. The summed E-state index contributed by atoms with van der Waals surface area (Å²) >= 11 is 0. The molecule has 0 amide bonds. The van der Waals surface area contributed by atoms with E-state index in [1.807, 2.05) is 32.0 Å². The second-order valence-electron chi connectivity index (χ2n) is 4.90. The fraction of sp³-hybridized carbons (Fsp3) is 0.562. The van der Waals surface area contributed by atoms with Gasteiger partial charge in [-0.3, -0.25) is 4.79 Å². The molecule has 116 valence electrons. The first-order valence-electron chi connectivity index (χ1n) is 7.53. The number of esters is 1. The molecule has 0 radical (unpaired) electrons. The van der Waals surface area contributed by atoms with Crippen molar-refractivity contribution in [2.24, 2.45) is 0 Å². The third-order valence-electron chi connectivity index (χ3n) is 3.39. The molecule has 1 aliphatic rings. The Bertz CT molecular complexity index is 475. The van der Waals surface area contributed by atoms with E-state index in [-0.39, 0.29) is 12.0 Å². The van der Waals surface area contributed by atoms with Gasteiger partial charge in [-0.05, 0) is 44.0 Å². The van der Waals surface area contributed by atoms with Crippen molar-refractivity contribution in [1.82, 2.24) is 5.32 Å². The highest BCUT2D eigenvalue weighted by Crippen LogP contribution is 2.30. The van der Waals surface area contributed by atoms with Crippen molar-refractivity contribution in [2.45, 2.75) is 32.7 Å². The lowest BCUT2D eigenvalue weighted by Crippen LogP contribution is -2.38. The summed E-state index contributed by atoms with van der Waals surface area (Å²) < 4.78 is 16.1. The van der Waals surface area contributed by atoms with Crippen LogP contribution in [0.15, 0.2) is 18.2 Å². The molecule has 0 bridgehead atoms. The SMILES string of the molecule is CCOC(=O)C(CC)NCCc1ccc2c(c1)OCCO2. The lowest BCUT2D eigenvalue weighted by atomic mass is 10.1. The Morgan fingerprint density at radius 1 is 1.29 bits per heavy atom. The van der Waals surface area contributed by atoms with Crippen molar-refractivity contribution in [3.63, 3.8) is 0 Å². The van der Waals surface area contributed by atoms with Gasteiger partial charge >= 0.3 is 5.97 Å². The quantitative estimate of drug-likeness (QED) is 0.779. The van der Waals surface area contributed by atoms with Crippen molar-refractivity contribution in [3.05, 3.63) is 23.8 Å². The zero-order valence-electron chi connectivity index (χ0n) is 12.7. The summed E-state index contributed by atoms with van der Waals surface area (Å²) in [6.07, 6.45) is 1.55. The molecule has 21 heavy (non-hydrogen) atoms. The minimum Gasteiger partial charge on any atom is -0.486 e. The first kappa shape index (κ1) is 15.6. The molecule has 2 rings (SSSR count). The van der Waals surface area contributed by atoms with Crippen LogP contribution < -0.4 is 14.8 Å². The van der Waals surface area contributed by atoms with Gasteiger partial charge < -0.3 is 19.5 Å². The molecule has 1 N–H and O–H groups in total. The number of carbonyl (C=O) groups excluding carboxylic acids is 1. The van der Waals surface area contributed by atoms with Crippen LogP contribution in [0.2, 0.25) is 0 Å². The molecule has 0 aromatic heterocycles. The van der Waals surface area contributed by atoms with E-state index in [1.54, 1.807) is 0 Å². The molecule has 5 nitrogen and oxygen atoms in total. The van der Waals surface area contributed by atoms with E-state index in [2.05, 4.69) is 5.32 Å². The maximum absolute atomic E-state index is 11.7. The van der Waals surface area contributed by atoms with Crippen LogP contribution in [-0.4, -0.2) is 38.4 Å². The van der Waals surface area contributed by atoms with E-state index in [9.17, 15) is 4.79 Å². The van der Waals surface area contributed by atoms with Crippen LogP contribution in [0.3, 0.4) is 0 Å². The molecule has 1 atom stereocenters. The van der Waals surface area contributed by atoms with Gasteiger partial charge in [-0.25, -0.2) is 0 Å². The van der Waals surface area contributed by atoms with Crippen molar-refractivity contribution < 1.29 is 19.0 Å². The van der Waals surface area contributed by atoms with Crippen LogP contribution in [0.5, 0.6) is 11.5 Å². The maximum Gasteiger partial charge on any atom is 0.323 e. The zero-order valence-corrected chi connectivity index (χ0v) is 12.7. The van der Waals surface area contributed by atoms with E-state index >= 15 is 0 Å². The molecular formula is C16H23NO4. The molecular weight excluding hydrogens is 270 g/mol. The summed E-state index contributed by atoms with van der Waals surface area (Å²) in [7, 11) is 0. The van der Waals surface area contributed by atoms with E-state index in [0.29, 0.717) is 19.8 Å². The third-order valence-corrected chi connectivity index (χ3v) is 3.39. The molecule has 0 fully saturated rings. The summed E-state index contributed by atoms with van der Waals surface area (Å²) in [4.78, 5) is 11.7. The van der Waals surface area contributed by atoms with Crippen LogP contribution >= 0.6 is 0 Å². The van der Waals surface area contributed by atoms with Crippen molar-refractivity contribution >= 4 is 5.97 Å². The summed E-state index contributed by atoms with van der Waals surface area (Å²) in [5.74, 6) is 1.43. The Balaban J connectivity index is 1.84. The number of nitrogens with one attached hydrogen (secondary N) is 1. The molecule has 1 heterocycles. The summed E-state index contributed by atoms with van der Waals surface area (Å²) in [6, 6.07) is 5.73. The van der Waals surface area contributed by atoms with Crippen molar-refractivity contribution in [1.29, 1.82) is 0 Å². The molecule has 1 aromatic carbocycles. The normalized spacial score (nSPS) is 14.6. The number of fused-ring (bicyclic) bond motifs is 1. The summed E-state index contributed by atoms with van der Waals surface area (Å²) in [6.45, 7) is 6.12. The second kappa shape index (κ2) is 7.88. The zero-order chi connectivity index (χ0) is 15.1. The van der Waals surface area contributed by atoms with E-state index in [0.717, 1.165) is 36.4 Å². The van der Waals surface area contributed by atoms with Crippen LogP contribution in [0.4, 0.5) is 0 Å². The van der Waals surface area contributed by atoms with Gasteiger partial charge in [0.1, 0.15) is 19.3 Å².